The molecule has 89 heavy (non-hydrogen) atoms. The van der Waals surface area contributed by atoms with Gasteiger partial charge in [-0.2, -0.15) is 15.3 Å². The number of carboxylic acid groups (broad SMARTS) is 2. The monoisotopic (exact) mass is 1280 g/mol. The molecule has 1 aromatic carbocycles. The minimum Gasteiger partial charge on any atom is -0.478 e. The van der Waals surface area contributed by atoms with Crippen LogP contribution in [0.15, 0.2) is 121 Å². The molecule has 470 valence electrons. The molecule has 3 atom stereocenters. The lowest BCUT2D eigenvalue weighted by Crippen LogP contribution is -2.37. The summed E-state index contributed by atoms with van der Waals surface area (Å²) in [6.07, 6.45) is 19.4. The molecule has 8 aromatic rings. The zero-order chi connectivity index (χ0) is 64.5. The summed E-state index contributed by atoms with van der Waals surface area (Å²) >= 11 is 3.08. The summed E-state index contributed by atoms with van der Waals surface area (Å²) in [7, 11) is 5.48. The maximum atomic E-state index is 12.8. The molecule has 0 saturated carbocycles. The first-order valence-corrected chi connectivity index (χ1v) is 29.0. The number of nitrogens with zero attached hydrogens (tertiary/aromatic N) is 12. The highest BCUT2D eigenvalue weighted by Crippen LogP contribution is 2.25. The lowest BCUT2D eigenvalue weighted by atomic mass is 10.1. The molecule has 0 radical (unpaired) electrons. The number of anilines is 4. The van der Waals surface area contributed by atoms with E-state index < -0.39 is 17.5 Å². The number of carbonyl (C=O) groups excluding carboxylic acids is 3. The van der Waals surface area contributed by atoms with Gasteiger partial charge in [0, 0.05) is 160 Å². The number of aromatic nitrogens is 10. The molecule has 3 amide bonds. The molecule has 0 aliphatic carbocycles. The van der Waals surface area contributed by atoms with E-state index >= 15 is 0 Å². The van der Waals surface area contributed by atoms with Crippen molar-refractivity contribution in [3.8, 4) is 33.4 Å². The van der Waals surface area contributed by atoms with Crippen LogP contribution < -0.4 is 44.6 Å². The molecule has 0 bridgehead atoms. The highest BCUT2D eigenvalue weighted by molar-refractivity contribution is 9.10. The second-order valence-electron chi connectivity index (χ2n) is 22.2. The second-order valence-corrected chi connectivity index (χ2v) is 23.1. The Labute approximate surface area is 522 Å². The zero-order valence-corrected chi connectivity index (χ0v) is 51.8. The number of nitrogen functional groups attached to an aromatic ring is 4. The highest BCUT2D eigenvalue weighted by Gasteiger charge is 2.29. The SMILES string of the molecule is CC(C)(C)OC(=O)N1CC[C@@H](N)C1.Cn1cc(-c2cnc(N)c(C(=O)N[C@@H]3CCN(Cc4ccccc4)C3)c2)cn1.Cn1cc(-c2cnc(N)c(C(=O)N[C@@H]3CCNC3)c2)cn1.Cn1cc(-c2cnc(N)c(C(=O)O)c2)cn1.Nc1ncc(Br)cc1C(=O)O. The molecule has 28 nitrogen and oxygen atoms in total. The first-order chi connectivity index (χ1) is 42.3. The molecule has 3 saturated heterocycles. The van der Waals surface area contributed by atoms with Gasteiger partial charge >= 0.3 is 18.0 Å². The Morgan fingerprint density at radius 1 is 0.607 bits per heavy atom. The summed E-state index contributed by atoms with van der Waals surface area (Å²) in [5, 5.41) is 39.0. The van der Waals surface area contributed by atoms with Gasteiger partial charge in [-0.15, -0.1) is 0 Å². The number of ether oxygens (including phenoxy) is 1. The van der Waals surface area contributed by atoms with Gasteiger partial charge in [-0.3, -0.25) is 28.5 Å². The molecule has 3 fully saturated rings. The Balaban J connectivity index is 0.000000165. The third kappa shape index (κ3) is 19.8. The van der Waals surface area contributed by atoms with Crippen LogP contribution in [-0.2, 0) is 32.4 Å². The number of nitrogens with one attached hydrogen (secondary N) is 3. The van der Waals surface area contributed by atoms with Crippen molar-refractivity contribution < 1.29 is 38.9 Å². The van der Waals surface area contributed by atoms with E-state index in [2.05, 4.69) is 96.3 Å². The smallest absolute Gasteiger partial charge is 0.410 e. The van der Waals surface area contributed by atoms with Crippen molar-refractivity contribution in [1.82, 2.24) is 75.0 Å². The van der Waals surface area contributed by atoms with Crippen molar-refractivity contribution in [3.63, 3.8) is 0 Å². The van der Waals surface area contributed by atoms with E-state index in [4.69, 9.17) is 43.6 Å². The largest absolute Gasteiger partial charge is 0.478 e. The van der Waals surface area contributed by atoms with Crippen LogP contribution >= 0.6 is 15.9 Å². The Bertz CT molecular complexity index is 3730. The topological polar surface area (TPSA) is 413 Å². The quantitative estimate of drug-likeness (QED) is 0.0808. The Kier molecular flexibility index (Phi) is 23.0. The normalized spacial score (nSPS) is 16.0. The molecule has 0 unspecified atom stereocenters. The predicted octanol–water partition coefficient (Wildman–Crippen LogP) is 5.07. The summed E-state index contributed by atoms with van der Waals surface area (Å²) in [5.74, 6) is -2.00. The van der Waals surface area contributed by atoms with E-state index in [-0.39, 0.29) is 70.4 Å². The van der Waals surface area contributed by atoms with Gasteiger partial charge in [0.05, 0.1) is 29.7 Å². The summed E-state index contributed by atoms with van der Waals surface area (Å²) in [6, 6.07) is 17.2. The minimum atomic E-state index is -1.09. The number of pyridine rings is 4. The van der Waals surface area contributed by atoms with Gasteiger partial charge in [-0.1, -0.05) is 30.3 Å². The Hall–Kier alpha value is -9.84. The van der Waals surface area contributed by atoms with Gasteiger partial charge in [0.15, 0.2) is 0 Å². The average molecular weight is 1280 g/mol. The Morgan fingerprint density at radius 2 is 1.07 bits per heavy atom. The van der Waals surface area contributed by atoms with E-state index in [0.29, 0.717) is 27.7 Å². The summed E-state index contributed by atoms with van der Waals surface area (Å²) in [5.41, 5.74) is 34.9. The van der Waals surface area contributed by atoms with Crippen molar-refractivity contribution in [3.05, 3.63) is 149 Å². The molecule has 15 N–H and O–H groups in total. The molecule has 0 spiro atoms. The third-order valence-corrected chi connectivity index (χ3v) is 14.3. The number of benzene rings is 1. The van der Waals surface area contributed by atoms with Gasteiger partial charge in [-0.05, 0) is 92.3 Å². The van der Waals surface area contributed by atoms with Gasteiger partial charge in [0.25, 0.3) is 11.8 Å². The number of aryl methyl sites for hydroxylation is 3. The predicted molar refractivity (Wildman–Crippen MR) is 340 cm³/mol. The van der Waals surface area contributed by atoms with Gasteiger partial charge < -0.3 is 64.5 Å². The van der Waals surface area contributed by atoms with Crippen LogP contribution in [0.2, 0.25) is 0 Å². The first kappa shape index (κ1) is 66.7. The number of likely N-dealkylation sites (tertiary alicyclic amines) is 2. The van der Waals surface area contributed by atoms with Crippen LogP contribution in [0.1, 0.15) is 87.0 Å². The van der Waals surface area contributed by atoms with Crippen LogP contribution in [0, 0.1) is 0 Å². The van der Waals surface area contributed by atoms with Crippen LogP contribution in [0.5, 0.6) is 0 Å². The molecule has 11 rings (SSSR count). The van der Waals surface area contributed by atoms with Crippen LogP contribution in [-0.4, -0.2) is 162 Å². The van der Waals surface area contributed by atoms with Crippen LogP contribution in [0.4, 0.5) is 28.1 Å². The summed E-state index contributed by atoms with van der Waals surface area (Å²) in [6.45, 7) is 11.3. The molecule has 3 aliphatic rings. The van der Waals surface area contributed by atoms with E-state index in [0.717, 1.165) is 86.3 Å². The number of nitrogens with two attached hydrogens (primary N) is 5. The number of carbonyl (C=O) groups is 5. The van der Waals surface area contributed by atoms with E-state index in [1.165, 1.54) is 30.1 Å². The number of hydrogen-bond acceptors (Lipinski definition) is 20. The number of carboxylic acids is 2. The third-order valence-electron chi connectivity index (χ3n) is 13.8. The fourth-order valence-electron chi connectivity index (χ4n) is 9.29. The van der Waals surface area contributed by atoms with Gasteiger partial charge in [0.1, 0.15) is 40.0 Å². The molecule has 7 aromatic heterocycles. The molecule has 29 heteroatoms. The van der Waals surface area contributed by atoms with E-state index in [1.54, 1.807) is 75.3 Å². The lowest BCUT2D eigenvalue weighted by molar-refractivity contribution is 0.0292. The summed E-state index contributed by atoms with van der Waals surface area (Å²) in [4.78, 5) is 77.7. The number of hydrogen-bond donors (Lipinski definition) is 10. The standard InChI is InChI=1S/C21H24N6O.C14H18N6O.C10H10N4O2.C9H18N2O2.C6H5BrN2O2/c1-26-13-17(11-24-26)16-9-19(20(22)23-10-16)21(28)25-18-7-8-27(14-18)12-15-5-3-2-4-6-15;1-20-8-10(6-18-20)9-4-12(13(15)17-5-9)14(21)19-11-2-3-16-7-11;1-14-5-7(4-13-14)6-2-8(10(15)16)9(11)12-3-6;1-9(2,3)13-8(12)11-5-4-7(10)6-11;7-3-1-4(6(10)11)5(8)9-2-3/h2-6,9-11,13,18H,7-8,12,14H2,1H3,(H2,22,23)(H,25,28);4-6,8,11,16H,2-3,7H2,1H3,(H2,15,17)(H,19,21);2-5H,1H3,(H2,11,12)(H,15,16);7H,4-6,10H2,1-3H3;1-2H,(H2,8,9)(H,10,11)/t18-;11-;;7-;/m11.1./s1. The average Bonchev–Trinajstić information content (AvgIpc) is 3.14. The summed E-state index contributed by atoms with van der Waals surface area (Å²) < 4.78 is 10.9. The Morgan fingerprint density at radius 3 is 1.48 bits per heavy atom. The number of amides is 3. The van der Waals surface area contributed by atoms with Crippen LogP contribution in [0.25, 0.3) is 33.4 Å². The maximum Gasteiger partial charge on any atom is 0.410 e. The fraction of sp³-hybridized carbons (Fsp3) is 0.333. The molecular weight excluding hydrogens is 1210 g/mol. The number of halogens is 1. The van der Waals surface area contributed by atoms with Gasteiger partial charge in [-0.25, -0.2) is 34.3 Å². The van der Waals surface area contributed by atoms with Crippen molar-refractivity contribution in [2.75, 3.05) is 62.2 Å². The molecule has 10 heterocycles. The maximum absolute atomic E-state index is 12.8. The van der Waals surface area contributed by atoms with Crippen molar-refractivity contribution in [2.45, 2.75) is 70.3 Å². The van der Waals surface area contributed by atoms with Crippen molar-refractivity contribution in [2.24, 2.45) is 26.9 Å². The zero-order valence-electron chi connectivity index (χ0n) is 50.2. The van der Waals surface area contributed by atoms with Gasteiger partial charge in [0.2, 0.25) is 0 Å². The fourth-order valence-corrected chi connectivity index (χ4v) is 9.62. The molecular formula is C60H75BrN20O8. The van der Waals surface area contributed by atoms with E-state index in [1.807, 2.05) is 53.3 Å². The van der Waals surface area contributed by atoms with Crippen molar-refractivity contribution in [1.29, 1.82) is 0 Å². The number of rotatable bonds is 11. The second kappa shape index (κ2) is 30.7. The number of aromatic carboxylic acids is 2. The first-order valence-electron chi connectivity index (χ1n) is 28.2. The molecule has 3 aliphatic heterocycles. The lowest BCUT2D eigenvalue weighted by Gasteiger charge is -2.24. The highest BCUT2D eigenvalue weighted by atomic mass is 79.9. The minimum absolute atomic E-state index is 0.00125. The van der Waals surface area contributed by atoms with Crippen LogP contribution in [0.3, 0.4) is 0 Å². The van der Waals surface area contributed by atoms with E-state index in [9.17, 15) is 24.0 Å². The van der Waals surface area contributed by atoms with Crippen molar-refractivity contribution >= 4 is 69.0 Å².